The Balaban J connectivity index is 1.50. The first-order valence-electron chi connectivity index (χ1n) is 13.3. The molecule has 0 bridgehead atoms. The lowest BCUT2D eigenvalue weighted by Gasteiger charge is -2.29. The summed E-state index contributed by atoms with van der Waals surface area (Å²) in [5.41, 5.74) is 5.27. The van der Waals surface area contributed by atoms with Crippen molar-refractivity contribution in [2.24, 2.45) is 0 Å². The number of aromatic nitrogens is 1. The van der Waals surface area contributed by atoms with E-state index in [1.165, 1.54) is 11.1 Å². The fraction of sp³-hybridized carbons (Fsp3) is 0.467. The van der Waals surface area contributed by atoms with E-state index in [1.807, 2.05) is 25.2 Å². The number of benzene rings is 1. The Morgan fingerprint density at radius 1 is 1.21 bits per heavy atom. The van der Waals surface area contributed by atoms with Gasteiger partial charge in [-0.2, -0.15) is 11.3 Å². The normalized spacial score (nSPS) is 12.7. The number of carbonyl (C=O) groups is 1. The van der Waals surface area contributed by atoms with Gasteiger partial charge in [0.25, 0.3) is 0 Å². The van der Waals surface area contributed by atoms with Gasteiger partial charge in [0.2, 0.25) is 0 Å². The van der Waals surface area contributed by atoms with Crippen molar-refractivity contribution in [3.63, 3.8) is 0 Å². The molecule has 3 N–H and O–H groups in total. The Labute approximate surface area is 235 Å². The first kappa shape index (κ1) is 30.3. The van der Waals surface area contributed by atoms with E-state index in [1.54, 1.807) is 23.3 Å². The van der Waals surface area contributed by atoms with Gasteiger partial charge in [-0.25, -0.2) is 4.31 Å². The number of rotatable bonds is 16. The third-order valence-corrected chi connectivity index (χ3v) is 8.31. The maximum absolute atomic E-state index is 10.9. The molecule has 3 aromatic rings. The number of aryl methyl sites for hydroxylation is 3. The van der Waals surface area contributed by atoms with Crippen LogP contribution >= 0.6 is 23.3 Å². The highest BCUT2D eigenvalue weighted by Gasteiger charge is 2.19. The van der Waals surface area contributed by atoms with Crippen molar-refractivity contribution < 1.29 is 15.0 Å². The molecule has 2 aromatic heterocycles. The zero-order chi connectivity index (χ0) is 27.5. The zero-order valence-electron chi connectivity index (χ0n) is 22.9. The van der Waals surface area contributed by atoms with Crippen LogP contribution in [0.15, 0.2) is 58.1 Å². The van der Waals surface area contributed by atoms with Crippen LogP contribution in [-0.2, 0) is 24.1 Å². The molecule has 206 valence electrons. The van der Waals surface area contributed by atoms with E-state index in [2.05, 4.69) is 70.4 Å². The molecule has 0 aliphatic carbocycles. The SMILES string of the molecule is CCc1cc(-c2cccc(CCC(=O)O)n2)ccc1SN(C)C[C@H](O)CNC(C)(C)CCCc1ccsc1. The van der Waals surface area contributed by atoms with E-state index in [-0.39, 0.29) is 12.0 Å². The summed E-state index contributed by atoms with van der Waals surface area (Å²) in [5.74, 6) is -0.814. The lowest BCUT2D eigenvalue weighted by Crippen LogP contribution is -2.45. The van der Waals surface area contributed by atoms with Gasteiger partial charge in [0.1, 0.15) is 0 Å². The van der Waals surface area contributed by atoms with Gasteiger partial charge in [0.15, 0.2) is 0 Å². The second-order valence-electron chi connectivity index (χ2n) is 10.4. The second-order valence-corrected chi connectivity index (χ2v) is 12.4. The molecule has 38 heavy (non-hydrogen) atoms. The molecule has 0 spiro atoms. The van der Waals surface area contributed by atoms with Crippen LogP contribution in [-0.4, -0.2) is 57.3 Å². The van der Waals surface area contributed by atoms with E-state index in [0.29, 0.717) is 19.5 Å². The Morgan fingerprint density at radius 2 is 2.03 bits per heavy atom. The van der Waals surface area contributed by atoms with Crippen LogP contribution in [0.4, 0.5) is 0 Å². The number of hydrogen-bond acceptors (Lipinski definition) is 7. The van der Waals surface area contributed by atoms with Gasteiger partial charge in [-0.05, 0) is 111 Å². The third-order valence-electron chi connectivity index (χ3n) is 6.52. The molecule has 0 aliphatic heterocycles. The number of nitrogens with zero attached hydrogens (tertiary/aromatic N) is 2. The first-order valence-corrected chi connectivity index (χ1v) is 15.0. The molecule has 3 rings (SSSR count). The Bertz CT molecular complexity index is 1150. The van der Waals surface area contributed by atoms with E-state index in [0.717, 1.165) is 47.5 Å². The molecule has 0 radical (unpaired) electrons. The molecule has 0 amide bonds. The highest BCUT2D eigenvalue weighted by atomic mass is 32.2. The van der Waals surface area contributed by atoms with Crippen molar-refractivity contribution in [2.75, 3.05) is 20.1 Å². The van der Waals surface area contributed by atoms with Gasteiger partial charge in [0, 0.05) is 41.2 Å². The molecule has 0 unspecified atom stereocenters. The van der Waals surface area contributed by atoms with E-state index >= 15 is 0 Å². The number of nitrogens with one attached hydrogen (secondary N) is 1. The Kier molecular flexibility index (Phi) is 11.8. The second kappa shape index (κ2) is 14.8. The van der Waals surface area contributed by atoms with Gasteiger partial charge in [-0.15, -0.1) is 0 Å². The van der Waals surface area contributed by atoms with Crippen molar-refractivity contribution in [1.29, 1.82) is 0 Å². The van der Waals surface area contributed by atoms with Crippen LogP contribution < -0.4 is 5.32 Å². The van der Waals surface area contributed by atoms with Crippen LogP contribution in [0.5, 0.6) is 0 Å². The van der Waals surface area contributed by atoms with Crippen LogP contribution in [0, 0.1) is 0 Å². The smallest absolute Gasteiger partial charge is 0.303 e. The van der Waals surface area contributed by atoms with Gasteiger partial charge < -0.3 is 15.5 Å². The summed E-state index contributed by atoms with van der Waals surface area (Å²) in [6.45, 7) is 7.66. The van der Waals surface area contributed by atoms with Gasteiger partial charge >= 0.3 is 5.97 Å². The number of aliphatic hydroxyl groups excluding tert-OH is 1. The van der Waals surface area contributed by atoms with Crippen molar-refractivity contribution in [3.05, 3.63) is 70.0 Å². The van der Waals surface area contributed by atoms with Crippen molar-refractivity contribution in [3.8, 4) is 11.3 Å². The monoisotopic (exact) mass is 555 g/mol. The largest absolute Gasteiger partial charge is 0.481 e. The summed E-state index contributed by atoms with van der Waals surface area (Å²) < 4.78 is 2.09. The molecule has 0 fully saturated rings. The lowest BCUT2D eigenvalue weighted by molar-refractivity contribution is -0.136. The maximum atomic E-state index is 10.9. The number of carboxylic acid groups (broad SMARTS) is 1. The Morgan fingerprint density at radius 3 is 2.74 bits per heavy atom. The molecule has 0 saturated carbocycles. The zero-order valence-corrected chi connectivity index (χ0v) is 24.6. The van der Waals surface area contributed by atoms with Crippen LogP contribution in [0.25, 0.3) is 11.3 Å². The van der Waals surface area contributed by atoms with E-state index < -0.39 is 12.1 Å². The van der Waals surface area contributed by atoms with Gasteiger partial charge in [0.05, 0.1) is 18.2 Å². The highest BCUT2D eigenvalue weighted by Crippen LogP contribution is 2.30. The molecule has 0 saturated heterocycles. The number of pyridine rings is 1. The van der Waals surface area contributed by atoms with Crippen molar-refractivity contribution >= 4 is 29.3 Å². The highest BCUT2D eigenvalue weighted by molar-refractivity contribution is 7.97. The topological polar surface area (TPSA) is 85.7 Å². The molecule has 6 nitrogen and oxygen atoms in total. The molecule has 1 atom stereocenters. The molecule has 1 aromatic carbocycles. The minimum atomic E-state index is -0.814. The summed E-state index contributed by atoms with van der Waals surface area (Å²) in [6, 6.07) is 14.3. The average molecular weight is 556 g/mol. The van der Waals surface area contributed by atoms with E-state index in [4.69, 9.17) is 5.11 Å². The number of hydrogen-bond donors (Lipinski definition) is 3. The molecular formula is C30H41N3O3S2. The fourth-order valence-electron chi connectivity index (χ4n) is 4.34. The number of thiophene rings is 1. The minimum absolute atomic E-state index is 0.0209. The number of likely N-dealkylation sites (N-methyl/N-ethyl adjacent to an activating group) is 1. The molecule has 8 heteroatoms. The summed E-state index contributed by atoms with van der Waals surface area (Å²) in [7, 11) is 2.01. The predicted octanol–water partition coefficient (Wildman–Crippen LogP) is 6.08. The van der Waals surface area contributed by atoms with Gasteiger partial charge in [-0.1, -0.05) is 19.1 Å². The lowest BCUT2D eigenvalue weighted by atomic mass is 9.96. The number of carboxylic acids is 1. The quantitative estimate of drug-likeness (QED) is 0.185. The number of aliphatic carboxylic acids is 1. The standard InChI is InChI=1S/C30H41N3O3S2/c1-5-23-18-24(27-10-6-9-25(32-27)12-14-29(35)36)11-13-28(23)38-33(4)20-26(34)19-31-30(2,3)16-7-8-22-15-17-37-21-22/h6,9-11,13,15,17-18,21,26,31,34H,5,7-8,12,14,16,19-20H2,1-4H3,(H,35,36)/t26-/m1/s1. The minimum Gasteiger partial charge on any atom is -0.481 e. The van der Waals surface area contributed by atoms with Crippen molar-refractivity contribution in [2.45, 2.75) is 75.8 Å². The summed E-state index contributed by atoms with van der Waals surface area (Å²) in [5, 5.41) is 27.6. The summed E-state index contributed by atoms with van der Waals surface area (Å²) in [6.07, 6.45) is 4.20. The Hall–Kier alpha value is -2.23. The number of β-amino-alcohol motifs (C(OH)–C–C–N with tert-alkyl or cyclic N) is 1. The van der Waals surface area contributed by atoms with Crippen LogP contribution in [0.3, 0.4) is 0 Å². The molecule has 2 heterocycles. The summed E-state index contributed by atoms with van der Waals surface area (Å²) >= 11 is 3.40. The summed E-state index contributed by atoms with van der Waals surface area (Å²) in [4.78, 5) is 16.7. The molecule has 0 aliphatic rings. The van der Waals surface area contributed by atoms with Gasteiger partial charge in [-0.3, -0.25) is 9.78 Å². The van der Waals surface area contributed by atoms with Crippen LogP contribution in [0.2, 0.25) is 0 Å². The molecular weight excluding hydrogens is 514 g/mol. The average Bonchev–Trinajstić information content (AvgIpc) is 3.40. The predicted molar refractivity (Wildman–Crippen MR) is 159 cm³/mol. The number of aliphatic hydroxyl groups is 1. The first-order chi connectivity index (χ1) is 18.1. The van der Waals surface area contributed by atoms with E-state index in [9.17, 15) is 9.90 Å². The van der Waals surface area contributed by atoms with Crippen molar-refractivity contribution in [1.82, 2.24) is 14.6 Å². The maximum Gasteiger partial charge on any atom is 0.303 e. The fourth-order valence-corrected chi connectivity index (χ4v) is 6.07. The van der Waals surface area contributed by atoms with Crippen LogP contribution in [0.1, 0.15) is 56.9 Å². The third kappa shape index (κ3) is 10.2.